The summed E-state index contributed by atoms with van der Waals surface area (Å²) in [7, 11) is 0. The second-order valence-corrected chi connectivity index (χ2v) is 12.1. The molecule has 2 aromatic carbocycles. The topological polar surface area (TPSA) is 71.4 Å². The molecule has 0 aliphatic heterocycles. The maximum atomic E-state index is 14.3. The van der Waals surface area contributed by atoms with Gasteiger partial charge in [-0.1, -0.05) is 61.9 Å². The molecular formula is C33H36O4. The van der Waals surface area contributed by atoms with E-state index in [2.05, 4.69) is 25.1 Å². The molecule has 192 valence electrons. The van der Waals surface area contributed by atoms with Crippen molar-refractivity contribution in [2.75, 3.05) is 0 Å². The molecule has 37 heavy (non-hydrogen) atoms. The van der Waals surface area contributed by atoms with Gasteiger partial charge in [-0.15, -0.1) is 0 Å². The van der Waals surface area contributed by atoms with Crippen molar-refractivity contribution in [1.82, 2.24) is 0 Å². The summed E-state index contributed by atoms with van der Waals surface area (Å²) in [5.41, 5.74) is 3.80. The fourth-order valence-corrected chi connectivity index (χ4v) is 7.90. The maximum absolute atomic E-state index is 14.3. The van der Waals surface area contributed by atoms with Crippen molar-refractivity contribution in [3.05, 3.63) is 92.6 Å². The maximum Gasteiger partial charge on any atom is 0.202 e. The minimum absolute atomic E-state index is 0.0840. The summed E-state index contributed by atoms with van der Waals surface area (Å²) < 4.78 is 0. The van der Waals surface area contributed by atoms with Crippen LogP contribution >= 0.6 is 0 Å². The van der Waals surface area contributed by atoms with E-state index in [-0.39, 0.29) is 17.1 Å². The van der Waals surface area contributed by atoms with Crippen LogP contribution in [-0.2, 0) is 28.9 Å². The van der Waals surface area contributed by atoms with Gasteiger partial charge in [0.2, 0.25) is 5.78 Å². The molecule has 1 N–H and O–H groups in total. The Kier molecular flexibility index (Phi) is 5.84. The molecular weight excluding hydrogens is 460 g/mol. The Bertz CT molecular complexity index is 1430. The predicted molar refractivity (Wildman–Crippen MR) is 145 cm³/mol. The van der Waals surface area contributed by atoms with Crippen LogP contribution in [0.1, 0.15) is 80.1 Å². The van der Waals surface area contributed by atoms with Gasteiger partial charge >= 0.3 is 0 Å². The first-order valence-electron chi connectivity index (χ1n) is 13.2. The quantitative estimate of drug-likeness (QED) is 0.538. The van der Waals surface area contributed by atoms with Crippen molar-refractivity contribution in [2.24, 2.45) is 10.8 Å². The van der Waals surface area contributed by atoms with E-state index in [4.69, 9.17) is 0 Å². The number of hydrogen-bond donors (Lipinski definition) is 1. The van der Waals surface area contributed by atoms with E-state index in [9.17, 15) is 19.5 Å². The van der Waals surface area contributed by atoms with Gasteiger partial charge in [-0.2, -0.15) is 0 Å². The summed E-state index contributed by atoms with van der Waals surface area (Å²) in [5.74, 6) is -0.965. The van der Waals surface area contributed by atoms with Crippen LogP contribution < -0.4 is 0 Å². The van der Waals surface area contributed by atoms with Crippen molar-refractivity contribution in [3.8, 4) is 0 Å². The molecule has 0 saturated carbocycles. The summed E-state index contributed by atoms with van der Waals surface area (Å²) in [6.07, 6.45) is 3.37. The molecule has 5 rings (SSSR count). The van der Waals surface area contributed by atoms with E-state index >= 15 is 0 Å². The average molecular weight is 497 g/mol. The fourth-order valence-electron chi connectivity index (χ4n) is 7.90. The molecule has 0 bridgehead atoms. The Labute approximate surface area is 219 Å². The number of hydrogen-bond acceptors (Lipinski definition) is 4. The van der Waals surface area contributed by atoms with Crippen LogP contribution in [0.15, 0.2) is 64.8 Å². The predicted octanol–water partition coefficient (Wildman–Crippen LogP) is 5.86. The Hall–Kier alpha value is -3.11. The molecule has 4 nitrogen and oxygen atoms in total. The van der Waals surface area contributed by atoms with Crippen molar-refractivity contribution >= 4 is 17.3 Å². The molecule has 3 aliphatic carbocycles. The number of ketones is 3. The van der Waals surface area contributed by atoms with Crippen LogP contribution in [0.25, 0.3) is 0 Å². The number of benzene rings is 2. The first-order chi connectivity index (χ1) is 17.3. The highest BCUT2D eigenvalue weighted by Gasteiger charge is 2.65. The van der Waals surface area contributed by atoms with E-state index in [1.807, 2.05) is 45.0 Å². The molecule has 0 unspecified atom stereocenters. The smallest absolute Gasteiger partial charge is 0.202 e. The SMILES string of the molecule is CC(=O)C1=C(C)C[C@@]2(C)C[C@@]3(C)Cc4c(CCc5ccccc5)ccc(C)c4C(=O)C3=C(C)[C@@]2(O)C1=O. The van der Waals surface area contributed by atoms with Gasteiger partial charge in [-0.05, 0) is 87.6 Å². The van der Waals surface area contributed by atoms with Gasteiger partial charge in [0.25, 0.3) is 0 Å². The third-order valence-electron chi connectivity index (χ3n) is 9.33. The van der Waals surface area contributed by atoms with Crippen LogP contribution in [0, 0.1) is 17.8 Å². The van der Waals surface area contributed by atoms with Crippen molar-refractivity contribution < 1.29 is 19.5 Å². The summed E-state index contributed by atoms with van der Waals surface area (Å²) in [6.45, 7) is 11.0. The highest BCUT2D eigenvalue weighted by Crippen LogP contribution is 2.62. The third-order valence-corrected chi connectivity index (χ3v) is 9.33. The zero-order chi connectivity index (χ0) is 26.9. The number of Topliss-reactive ketones (excluding diaryl/α,β-unsaturated/α-hetero) is 3. The molecule has 0 heterocycles. The van der Waals surface area contributed by atoms with Gasteiger partial charge in [0, 0.05) is 22.0 Å². The van der Waals surface area contributed by atoms with Crippen LogP contribution in [0.4, 0.5) is 0 Å². The lowest BCUT2D eigenvalue weighted by molar-refractivity contribution is -0.150. The largest absolute Gasteiger partial charge is 0.377 e. The van der Waals surface area contributed by atoms with E-state index in [1.165, 1.54) is 18.1 Å². The van der Waals surface area contributed by atoms with E-state index in [1.54, 1.807) is 6.92 Å². The minimum atomic E-state index is -1.87. The number of aliphatic hydroxyl groups is 1. The fraction of sp³-hybridized carbons (Fsp3) is 0.424. The first-order valence-corrected chi connectivity index (χ1v) is 13.2. The highest BCUT2D eigenvalue weighted by atomic mass is 16.3. The second-order valence-electron chi connectivity index (χ2n) is 12.1. The molecule has 3 atom stereocenters. The van der Waals surface area contributed by atoms with Gasteiger partial charge in [0.15, 0.2) is 17.2 Å². The van der Waals surface area contributed by atoms with E-state index < -0.39 is 22.2 Å². The zero-order valence-corrected chi connectivity index (χ0v) is 22.7. The van der Waals surface area contributed by atoms with Crippen LogP contribution in [0.2, 0.25) is 0 Å². The van der Waals surface area contributed by atoms with Crippen LogP contribution in [0.3, 0.4) is 0 Å². The number of aryl methyl sites for hydroxylation is 3. The number of rotatable bonds is 4. The van der Waals surface area contributed by atoms with Gasteiger partial charge in [-0.25, -0.2) is 0 Å². The van der Waals surface area contributed by atoms with Crippen molar-refractivity contribution in [3.63, 3.8) is 0 Å². The minimum Gasteiger partial charge on any atom is -0.377 e. The zero-order valence-electron chi connectivity index (χ0n) is 22.7. The average Bonchev–Trinajstić information content (AvgIpc) is 2.81. The summed E-state index contributed by atoms with van der Waals surface area (Å²) >= 11 is 0. The number of allylic oxidation sites excluding steroid dienone is 2. The molecule has 2 aromatic rings. The number of carbonyl (C=O) groups is 3. The van der Waals surface area contributed by atoms with Crippen molar-refractivity contribution in [2.45, 2.75) is 79.2 Å². The molecule has 0 saturated heterocycles. The molecule has 0 fully saturated rings. The lowest BCUT2D eigenvalue weighted by atomic mass is 9.46. The Balaban J connectivity index is 1.65. The third kappa shape index (κ3) is 3.56. The first kappa shape index (κ1) is 25.5. The van der Waals surface area contributed by atoms with E-state index in [0.29, 0.717) is 36.0 Å². The number of carbonyl (C=O) groups excluding carboxylic acids is 3. The molecule has 0 amide bonds. The summed E-state index contributed by atoms with van der Waals surface area (Å²) in [6, 6.07) is 14.6. The molecule has 0 aromatic heterocycles. The standard InChI is InChI=1S/C33H36O4/c1-19-12-14-24(15-13-23-10-8-7-9-11-23)25-17-31(5)18-32(6)16-20(2)26(22(4)34)30(36)33(32,37)21(3)28(31)29(35)27(19)25/h7-12,14,37H,13,15-18H2,1-6H3/t31-,32+,33-/m1/s1. The van der Waals surface area contributed by atoms with Gasteiger partial charge in [-0.3, -0.25) is 14.4 Å². The Morgan fingerprint density at radius 2 is 1.62 bits per heavy atom. The Morgan fingerprint density at radius 1 is 0.946 bits per heavy atom. The summed E-state index contributed by atoms with van der Waals surface area (Å²) in [5, 5.41) is 12.1. The Morgan fingerprint density at radius 3 is 2.27 bits per heavy atom. The molecule has 4 heteroatoms. The van der Waals surface area contributed by atoms with Gasteiger partial charge in [0.05, 0.1) is 5.57 Å². The number of fused-ring (bicyclic) bond motifs is 3. The normalized spacial score (nSPS) is 29.2. The highest BCUT2D eigenvalue weighted by molar-refractivity contribution is 6.25. The van der Waals surface area contributed by atoms with E-state index in [0.717, 1.165) is 29.5 Å². The lowest BCUT2D eigenvalue weighted by Crippen LogP contribution is -2.63. The summed E-state index contributed by atoms with van der Waals surface area (Å²) in [4.78, 5) is 40.4. The lowest BCUT2D eigenvalue weighted by Gasteiger charge is -2.58. The molecule has 0 radical (unpaired) electrons. The van der Waals surface area contributed by atoms with Gasteiger partial charge < -0.3 is 5.11 Å². The van der Waals surface area contributed by atoms with Crippen LogP contribution in [0.5, 0.6) is 0 Å². The molecule has 3 aliphatic rings. The van der Waals surface area contributed by atoms with Crippen LogP contribution in [-0.4, -0.2) is 28.1 Å². The van der Waals surface area contributed by atoms with Gasteiger partial charge in [0.1, 0.15) is 0 Å². The monoisotopic (exact) mass is 496 g/mol. The molecule has 0 spiro atoms. The second kappa shape index (κ2) is 8.46. The van der Waals surface area contributed by atoms with Crippen molar-refractivity contribution in [1.29, 1.82) is 0 Å².